The van der Waals surface area contributed by atoms with Gasteiger partial charge in [0.15, 0.2) is 0 Å². The van der Waals surface area contributed by atoms with E-state index >= 15 is 0 Å². The highest BCUT2D eigenvalue weighted by Gasteiger charge is 2.12. The summed E-state index contributed by atoms with van der Waals surface area (Å²) in [5, 5.41) is 13.4. The highest BCUT2D eigenvalue weighted by atomic mass is 32.2. The van der Waals surface area contributed by atoms with Gasteiger partial charge < -0.3 is 10.4 Å². The molecule has 22 heavy (non-hydrogen) atoms. The Bertz CT molecular complexity index is 694. The molecule has 2 N–H and O–H groups in total. The number of nitrogens with one attached hydrogen (secondary N) is 1. The third-order valence-corrected chi connectivity index (χ3v) is 5.21. The van der Waals surface area contributed by atoms with Crippen molar-refractivity contribution in [2.24, 2.45) is 0 Å². The fourth-order valence-corrected chi connectivity index (χ4v) is 3.49. The molecule has 0 aliphatic rings. The number of carbonyl (C=O) groups excluding carboxylic acids is 1. The number of carboxylic acid groups (broad SMARTS) is 1. The molecule has 0 saturated carbocycles. The van der Waals surface area contributed by atoms with Gasteiger partial charge in [0.1, 0.15) is 0 Å². The van der Waals surface area contributed by atoms with Crippen LogP contribution in [0, 0.1) is 13.8 Å². The molecule has 0 radical (unpaired) electrons. The molecule has 0 unspecified atom stereocenters. The van der Waals surface area contributed by atoms with Crippen LogP contribution in [0.4, 0.5) is 5.69 Å². The molecular formula is C16H17NO3S2. The maximum atomic E-state index is 12.3. The number of rotatable bonds is 6. The lowest BCUT2D eigenvalue weighted by Crippen LogP contribution is -2.12. The van der Waals surface area contributed by atoms with Gasteiger partial charge in [-0.2, -0.15) is 0 Å². The van der Waals surface area contributed by atoms with Crippen LogP contribution in [0.25, 0.3) is 0 Å². The van der Waals surface area contributed by atoms with Crippen molar-refractivity contribution in [3.8, 4) is 0 Å². The molecule has 1 amide bonds. The molecule has 116 valence electrons. The molecule has 0 bridgehead atoms. The van der Waals surface area contributed by atoms with Crippen LogP contribution in [-0.2, 0) is 10.5 Å². The van der Waals surface area contributed by atoms with E-state index in [-0.39, 0.29) is 11.7 Å². The van der Waals surface area contributed by atoms with Gasteiger partial charge in [-0.05, 0) is 37.1 Å². The summed E-state index contributed by atoms with van der Waals surface area (Å²) in [6.45, 7) is 3.94. The number of amides is 1. The quantitative estimate of drug-likeness (QED) is 0.839. The average molecular weight is 335 g/mol. The van der Waals surface area contributed by atoms with Crippen molar-refractivity contribution in [3.63, 3.8) is 0 Å². The average Bonchev–Trinajstić information content (AvgIpc) is 2.79. The first kappa shape index (κ1) is 16.6. The lowest BCUT2D eigenvalue weighted by molar-refractivity contribution is -0.133. The Kier molecular flexibility index (Phi) is 5.63. The summed E-state index contributed by atoms with van der Waals surface area (Å²) in [6, 6.07) is 7.49. The third-order valence-electron chi connectivity index (χ3n) is 3.21. The van der Waals surface area contributed by atoms with Crippen molar-refractivity contribution in [3.05, 3.63) is 51.2 Å². The van der Waals surface area contributed by atoms with Crippen molar-refractivity contribution in [2.45, 2.75) is 19.6 Å². The number of hydrogen-bond acceptors (Lipinski definition) is 4. The molecule has 2 rings (SSSR count). The standard InChI is InChI=1S/C16H17NO3S2/c1-10-11(2)22-8-14(10)16(20)17-13-5-3-4-12(6-13)7-21-9-15(18)19/h3-6,8H,7,9H2,1-2H3,(H,17,20)(H,18,19). The Balaban J connectivity index is 2.02. The van der Waals surface area contributed by atoms with E-state index in [0.717, 1.165) is 21.7 Å². The van der Waals surface area contributed by atoms with E-state index in [0.29, 0.717) is 11.3 Å². The van der Waals surface area contributed by atoms with Crippen molar-refractivity contribution >= 4 is 40.7 Å². The number of aliphatic carboxylic acids is 1. The van der Waals surface area contributed by atoms with Crippen LogP contribution in [0.2, 0.25) is 0 Å². The Morgan fingerprint density at radius 1 is 1.32 bits per heavy atom. The maximum absolute atomic E-state index is 12.3. The zero-order chi connectivity index (χ0) is 16.1. The third kappa shape index (κ3) is 4.35. The van der Waals surface area contributed by atoms with Crippen molar-refractivity contribution in [1.82, 2.24) is 0 Å². The first-order valence-corrected chi connectivity index (χ1v) is 8.75. The molecule has 0 aliphatic carbocycles. The maximum Gasteiger partial charge on any atom is 0.313 e. The minimum absolute atomic E-state index is 0.0734. The fraction of sp³-hybridized carbons (Fsp3) is 0.250. The number of benzene rings is 1. The minimum atomic E-state index is -0.822. The van der Waals surface area contributed by atoms with Gasteiger partial charge in [0.25, 0.3) is 5.91 Å². The summed E-state index contributed by atoms with van der Waals surface area (Å²) in [6.07, 6.45) is 0. The fourth-order valence-electron chi connectivity index (χ4n) is 1.93. The van der Waals surface area contributed by atoms with Crippen LogP contribution in [-0.4, -0.2) is 22.7 Å². The topological polar surface area (TPSA) is 66.4 Å². The second-order valence-corrected chi connectivity index (χ2v) is 6.94. The summed E-state index contributed by atoms with van der Waals surface area (Å²) in [7, 11) is 0. The van der Waals surface area contributed by atoms with E-state index in [4.69, 9.17) is 5.11 Å². The van der Waals surface area contributed by atoms with Gasteiger partial charge in [-0.1, -0.05) is 12.1 Å². The minimum Gasteiger partial charge on any atom is -0.481 e. The van der Waals surface area contributed by atoms with Crippen LogP contribution in [0.3, 0.4) is 0 Å². The molecule has 0 saturated heterocycles. The van der Waals surface area contributed by atoms with Crippen LogP contribution in [0.1, 0.15) is 26.4 Å². The van der Waals surface area contributed by atoms with Gasteiger partial charge >= 0.3 is 5.97 Å². The molecule has 1 heterocycles. The lowest BCUT2D eigenvalue weighted by Gasteiger charge is -2.07. The molecule has 1 aromatic carbocycles. The van der Waals surface area contributed by atoms with Crippen LogP contribution >= 0.6 is 23.1 Å². The van der Waals surface area contributed by atoms with E-state index in [1.165, 1.54) is 11.8 Å². The normalized spacial score (nSPS) is 10.5. The highest BCUT2D eigenvalue weighted by Crippen LogP contribution is 2.22. The number of hydrogen-bond donors (Lipinski definition) is 2. The number of carbonyl (C=O) groups is 2. The summed E-state index contributed by atoms with van der Waals surface area (Å²) >= 11 is 2.90. The van der Waals surface area contributed by atoms with Crippen LogP contribution in [0.15, 0.2) is 29.6 Å². The second kappa shape index (κ2) is 7.47. The summed E-state index contributed by atoms with van der Waals surface area (Å²) in [4.78, 5) is 23.9. The smallest absolute Gasteiger partial charge is 0.313 e. The molecule has 6 heteroatoms. The molecular weight excluding hydrogens is 318 g/mol. The van der Waals surface area contributed by atoms with Gasteiger partial charge in [0.05, 0.1) is 11.3 Å². The summed E-state index contributed by atoms with van der Waals surface area (Å²) in [5.74, 6) is -0.258. The first-order chi connectivity index (χ1) is 10.5. The van der Waals surface area contributed by atoms with E-state index in [1.807, 2.05) is 43.5 Å². The van der Waals surface area contributed by atoms with Gasteiger partial charge in [-0.15, -0.1) is 23.1 Å². The van der Waals surface area contributed by atoms with Gasteiger partial charge in [0.2, 0.25) is 0 Å². The lowest BCUT2D eigenvalue weighted by atomic mass is 10.1. The second-order valence-electron chi connectivity index (χ2n) is 4.87. The van der Waals surface area contributed by atoms with E-state index in [1.54, 1.807) is 11.3 Å². The molecule has 0 fully saturated rings. The number of anilines is 1. The Labute approximate surface area is 137 Å². The van der Waals surface area contributed by atoms with E-state index in [9.17, 15) is 9.59 Å². The predicted molar refractivity (Wildman–Crippen MR) is 92.0 cm³/mol. The van der Waals surface area contributed by atoms with E-state index < -0.39 is 5.97 Å². The van der Waals surface area contributed by atoms with Crippen molar-refractivity contribution < 1.29 is 14.7 Å². The molecule has 0 aliphatic heterocycles. The Morgan fingerprint density at radius 3 is 2.73 bits per heavy atom. The van der Waals surface area contributed by atoms with Crippen LogP contribution in [0.5, 0.6) is 0 Å². The molecule has 2 aromatic rings. The van der Waals surface area contributed by atoms with Gasteiger partial charge in [-0.3, -0.25) is 9.59 Å². The van der Waals surface area contributed by atoms with Crippen LogP contribution < -0.4 is 5.32 Å². The Hall–Kier alpha value is -1.79. The monoisotopic (exact) mass is 335 g/mol. The Morgan fingerprint density at radius 2 is 2.09 bits per heavy atom. The predicted octanol–water partition coefficient (Wildman–Crippen LogP) is 3.94. The summed E-state index contributed by atoms with van der Waals surface area (Å²) in [5.41, 5.74) is 3.42. The highest BCUT2D eigenvalue weighted by molar-refractivity contribution is 7.99. The zero-order valence-electron chi connectivity index (χ0n) is 12.4. The van der Waals surface area contributed by atoms with Crippen molar-refractivity contribution in [2.75, 3.05) is 11.1 Å². The van der Waals surface area contributed by atoms with E-state index in [2.05, 4.69) is 5.32 Å². The number of carboxylic acids is 1. The zero-order valence-corrected chi connectivity index (χ0v) is 14.0. The number of aryl methyl sites for hydroxylation is 1. The SMILES string of the molecule is Cc1scc(C(=O)Nc2cccc(CSCC(=O)O)c2)c1C. The molecule has 1 aromatic heterocycles. The molecule has 4 nitrogen and oxygen atoms in total. The van der Waals surface area contributed by atoms with Gasteiger partial charge in [-0.25, -0.2) is 0 Å². The summed E-state index contributed by atoms with van der Waals surface area (Å²) < 4.78 is 0. The number of thiophene rings is 1. The van der Waals surface area contributed by atoms with Gasteiger partial charge in [0, 0.05) is 21.7 Å². The largest absolute Gasteiger partial charge is 0.481 e. The molecule has 0 atom stereocenters. The first-order valence-electron chi connectivity index (χ1n) is 6.72. The molecule has 0 spiro atoms. The van der Waals surface area contributed by atoms with Crippen molar-refractivity contribution in [1.29, 1.82) is 0 Å². The number of thioether (sulfide) groups is 1.